The van der Waals surface area contributed by atoms with Gasteiger partial charge in [0, 0.05) is 26.2 Å². The van der Waals surface area contributed by atoms with Crippen molar-refractivity contribution in [2.45, 2.75) is 38.9 Å². The van der Waals surface area contributed by atoms with E-state index in [0.717, 1.165) is 42.5 Å². The Balaban J connectivity index is 1.66. The molecule has 168 valence electrons. The van der Waals surface area contributed by atoms with Crippen molar-refractivity contribution in [3.8, 4) is 0 Å². The molecule has 1 N–H and O–H groups in total. The Labute approximate surface area is 187 Å². The van der Waals surface area contributed by atoms with E-state index in [1.807, 2.05) is 0 Å². The van der Waals surface area contributed by atoms with Gasteiger partial charge in [-0.1, -0.05) is 29.5 Å². The zero-order valence-corrected chi connectivity index (χ0v) is 18.4. The standard InChI is InChI=1S/C22H24FN5O3S/c1-2-10-27-20(30)18-19(25-21(32-18)26-11-4-3-5-12-26)28(22(27)31)14-17(29)24-13-15-6-8-16(23)9-7-15/h2,6-9H,1,3-5,10-14H2,(H,24,29). The molecule has 32 heavy (non-hydrogen) atoms. The van der Waals surface area contributed by atoms with E-state index in [1.54, 1.807) is 12.1 Å². The number of hydrogen-bond acceptors (Lipinski definition) is 6. The summed E-state index contributed by atoms with van der Waals surface area (Å²) in [5.74, 6) is -0.763. The fraction of sp³-hybridized carbons (Fsp3) is 0.364. The molecule has 1 fully saturated rings. The molecule has 3 aromatic rings. The first-order chi connectivity index (χ1) is 15.5. The number of benzene rings is 1. The van der Waals surface area contributed by atoms with Crippen molar-refractivity contribution in [2.24, 2.45) is 0 Å². The van der Waals surface area contributed by atoms with Crippen LogP contribution in [0.25, 0.3) is 10.3 Å². The molecule has 1 aliphatic rings. The quantitative estimate of drug-likeness (QED) is 0.550. The minimum atomic E-state index is -0.602. The first kappa shape index (κ1) is 21.9. The molecule has 0 radical (unpaired) electrons. The second kappa shape index (κ2) is 9.47. The SMILES string of the molecule is C=CCn1c(=O)c2sc(N3CCCCC3)nc2n(CC(=O)NCc2ccc(F)cc2)c1=O. The van der Waals surface area contributed by atoms with Crippen molar-refractivity contribution in [1.82, 2.24) is 19.4 Å². The normalized spacial score (nSPS) is 14.0. The molecule has 3 heterocycles. The van der Waals surface area contributed by atoms with E-state index >= 15 is 0 Å². The number of anilines is 1. The topological polar surface area (TPSA) is 89.2 Å². The van der Waals surface area contributed by atoms with Crippen molar-refractivity contribution in [3.63, 3.8) is 0 Å². The Morgan fingerprint density at radius 2 is 1.88 bits per heavy atom. The summed E-state index contributed by atoms with van der Waals surface area (Å²) in [6, 6.07) is 5.79. The molecule has 2 aromatic heterocycles. The van der Waals surface area contributed by atoms with Gasteiger partial charge in [0.25, 0.3) is 5.56 Å². The van der Waals surface area contributed by atoms with Crippen LogP contribution in [-0.2, 0) is 24.4 Å². The highest BCUT2D eigenvalue weighted by atomic mass is 32.1. The maximum atomic E-state index is 13.1. The summed E-state index contributed by atoms with van der Waals surface area (Å²) in [4.78, 5) is 45.3. The predicted octanol–water partition coefficient (Wildman–Crippen LogP) is 2.25. The molecule has 1 aliphatic heterocycles. The number of hydrogen-bond donors (Lipinski definition) is 1. The van der Waals surface area contributed by atoms with Crippen LogP contribution in [0.3, 0.4) is 0 Å². The molecule has 10 heteroatoms. The third-order valence-electron chi connectivity index (χ3n) is 5.40. The summed E-state index contributed by atoms with van der Waals surface area (Å²) in [5, 5.41) is 3.42. The highest BCUT2D eigenvalue weighted by molar-refractivity contribution is 7.22. The minimum absolute atomic E-state index is 0.0434. The number of allylic oxidation sites excluding steroid dienone is 1. The largest absolute Gasteiger partial charge is 0.350 e. The number of amides is 1. The first-order valence-corrected chi connectivity index (χ1v) is 11.3. The van der Waals surface area contributed by atoms with Crippen LogP contribution >= 0.6 is 11.3 Å². The minimum Gasteiger partial charge on any atom is -0.350 e. The third kappa shape index (κ3) is 4.50. The van der Waals surface area contributed by atoms with Gasteiger partial charge in [-0.05, 0) is 37.0 Å². The van der Waals surface area contributed by atoms with E-state index in [0.29, 0.717) is 9.83 Å². The number of piperidine rings is 1. The van der Waals surface area contributed by atoms with Gasteiger partial charge >= 0.3 is 5.69 Å². The number of nitrogens with zero attached hydrogens (tertiary/aromatic N) is 4. The Morgan fingerprint density at radius 3 is 2.56 bits per heavy atom. The number of fused-ring (bicyclic) bond motifs is 1. The zero-order valence-electron chi connectivity index (χ0n) is 17.6. The van der Waals surface area contributed by atoms with E-state index in [4.69, 9.17) is 0 Å². The average molecular weight is 458 g/mol. The van der Waals surface area contributed by atoms with Crippen LogP contribution in [0.2, 0.25) is 0 Å². The monoisotopic (exact) mass is 457 g/mol. The molecule has 0 spiro atoms. The molecule has 1 saturated heterocycles. The number of nitrogens with one attached hydrogen (secondary N) is 1. The van der Waals surface area contributed by atoms with Crippen molar-refractivity contribution < 1.29 is 9.18 Å². The molecule has 0 saturated carbocycles. The molecule has 0 bridgehead atoms. The number of rotatable bonds is 7. The second-order valence-corrected chi connectivity index (χ2v) is 8.65. The molecular formula is C22H24FN5O3S. The second-order valence-electron chi connectivity index (χ2n) is 7.67. The predicted molar refractivity (Wildman–Crippen MR) is 123 cm³/mol. The Morgan fingerprint density at radius 1 is 1.16 bits per heavy atom. The van der Waals surface area contributed by atoms with Crippen molar-refractivity contribution in [2.75, 3.05) is 18.0 Å². The van der Waals surface area contributed by atoms with Gasteiger partial charge in [0.1, 0.15) is 17.1 Å². The molecule has 4 rings (SSSR count). The van der Waals surface area contributed by atoms with E-state index in [2.05, 4.69) is 21.8 Å². The zero-order chi connectivity index (χ0) is 22.7. The summed E-state index contributed by atoms with van der Waals surface area (Å²) < 4.78 is 15.7. The van der Waals surface area contributed by atoms with Crippen LogP contribution in [0.1, 0.15) is 24.8 Å². The van der Waals surface area contributed by atoms with Gasteiger partial charge in [0.05, 0.1) is 0 Å². The van der Waals surface area contributed by atoms with Crippen LogP contribution in [0, 0.1) is 5.82 Å². The van der Waals surface area contributed by atoms with Crippen LogP contribution in [0.15, 0.2) is 46.5 Å². The third-order valence-corrected chi connectivity index (χ3v) is 6.49. The fourth-order valence-corrected chi connectivity index (χ4v) is 4.80. The Kier molecular flexibility index (Phi) is 6.50. The molecule has 1 amide bonds. The molecule has 0 atom stereocenters. The van der Waals surface area contributed by atoms with Crippen molar-refractivity contribution in [1.29, 1.82) is 0 Å². The van der Waals surface area contributed by atoms with Crippen LogP contribution in [0.5, 0.6) is 0 Å². The van der Waals surface area contributed by atoms with Gasteiger partial charge < -0.3 is 10.2 Å². The molecule has 0 aliphatic carbocycles. The summed E-state index contributed by atoms with van der Waals surface area (Å²) in [7, 11) is 0. The lowest BCUT2D eigenvalue weighted by Gasteiger charge is -2.25. The number of thiazole rings is 1. The maximum Gasteiger partial charge on any atom is 0.333 e. The maximum absolute atomic E-state index is 13.1. The number of carbonyl (C=O) groups is 1. The van der Waals surface area contributed by atoms with Crippen molar-refractivity contribution in [3.05, 3.63) is 69.1 Å². The lowest BCUT2D eigenvalue weighted by Crippen LogP contribution is -2.42. The highest BCUT2D eigenvalue weighted by Gasteiger charge is 2.22. The van der Waals surface area contributed by atoms with Crippen LogP contribution in [-0.4, -0.2) is 33.1 Å². The number of carbonyl (C=O) groups excluding carboxylic acids is 1. The summed E-state index contributed by atoms with van der Waals surface area (Å²) >= 11 is 1.25. The first-order valence-electron chi connectivity index (χ1n) is 10.5. The summed E-state index contributed by atoms with van der Waals surface area (Å²) in [5.41, 5.74) is -0.0683. The van der Waals surface area contributed by atoms with Gasteiger partial charge in [-0.25, -0.2) is 14.2 Å². The fourth-order valence-electron chi connectivity index (χ4n) is 3.72. The molecule has 8 nitrogen and oxygen atoms in total. The molecule has 1 aromatic carbocycles. The number of halogens is 1. The van der Waals surface area contributed by atoms with Crippen LogP contribution in [0.4, 0.5) is 9.52 Å². The lowest BCUT2D eigenvalue weighted by molar-refractivity contribution is -0.121. The van der Waals surface area contributed by atoms with E-state index in [1.165, 1.54) is 34.1 Å². The average Bonchev–Trinajstić information content (AvgIpc) is 3.25. The molecular weight excluding hydrogens is 433 g/mol. The van der Waals surface area contributed by atoms with E-state index in [-0.39, 0.29) is 31.1 Å². The summed E-state index contributed by atoms with van der Waals surface area (Å²) in [6.07, 6.45) is 4.73. The number of aromatic nitrogens is 3. The van der Waals surface area contributed by atoms with Gasteiger partial charge in [-0.3, -0.25) is 18.7 Å². The van der Waals surface area contributed by atoms with E-state index < -0.39 is 17.2 Å². The van der Waals surface area contributed by atoms with E-state index in [9.17, 15) is 18.8 Å². The Bertz CT molecular complexity index is 1260. The summed E-state index contributed by atoms with van der Waals surface area (Å²) in [6.45, 7) is 5.28. The smallest absolute Gasteiger partial charge is 0.333 e. The van der Waals surface area contributed by atoms with Gasteiger partial charge in [-0.2, -0.15) is 0 Å². The lowest BCUT2D eigenvalue weighted by atomic mass is 10.1. The van der Waals surface area contributed by atoms with Gasteiger partial charge in [-0.15, -0.1) is 6.58 Å². The highest BCUT2D eigenvalue weighted by Crippen LogP contribution is 2.28. The molecule has 0 unspecified atom stereocenters. The van der Waals surface area contributed by atoms with Crippen molar-refractivity contribution >= 4 is 32.7 Å². The Hall–Kier alpha value is -3.27. The van der Waals surface area contributed by atoms with Crippen LogP contribution < -0.4 is 21.5 Å². The van der Waals surface area contributed by atoms with Gasteiger partial charge in [0.2, 0.25) is 5.91 Å². The van der Waals surface area contributed by atoms with Gasteiger partial charge in [0.15, 0.2) is 10.8 Å².